The van der Waals surface area contributed by atoms with Crippen molar-refractivity contribution in [3.05, 3.63) is 39.6 Å². The first-order chi connectivity index (χ1) is 8.65. The SMILES string of the molecule is Nc1nc2n(n1)C(c1ccc(Cl)c(Cl)c1)CCC2. The molecule has 2 heterocycles. The smallest absolute Gasteiger partial charge is 0.239 e. The van der Waals surface area contributed by atoms with Gasteiger partial charge in [0.25, 0.3) is 0 Å². The molecule has 0 spiro atoms. The van der Waals surface area contributed by atoms with Crippen molar-refractivity contribution in [2.24, 2.45) is 0 Å². The molecule has 1 aromatic carbocycles. The molecular weight excluding hydrogens is 271 g/mol. The van der Waals surface area contributed by atoms with Crippen LogP contribution in [0, 0.1) is 0 Å². The van der Waals surface area contributed by atoms with Gasteiger partial charge in [-0.25, -0.2) is 4.68 Å². The van der Waals surface area contributed by atoms with Gasteiger partial charge in [0.2, 0.25) is 5.95 Å². The summed E-state index contributed by atoms with van der Waals surface area (Å²) in [7, 11) is 0. The first kappa shape index (κ1) is 11.8. The van der Waals surface area contributed by atoms with Crippen LogP contribution in [0.1, 0.15) is 30.3 Å². The van der Waals surface area contributed by atoms with Gasteiger partial charge in [-0.05, 0) is 30.5 Å². The van der Waals surface area contributed by atoms with Crippen molar-refractivity contribution < 1.29 is 0 Å². The fourth-order valence-corrected chi connectivity index (χ4v) is 2.70. The van der Waals surface area contributed by atoms with Gasteiger partial charge in [0.1, 0.15) is 5.82 Å². The number of hydrogen-bond acceptors (Lipinski definition) is 3. The van der Waals surface area contributed by atoms with E-state index in [9.17, 15) is 0 Å². The van der Waals surface area contributed by atoms with Crippen LogP contribution in [-0.2, 0) is 6.42 Å². The number of nitrogens with two attached hydrogens (primary N) is 1. The third-order valence-corrected chi connectivity index (χ3v) is 3.96. The average Bonchev–Trinajstić information content (AvgIpc) is 2.72. The fourth-order valence-electron chi connectivity index (χ4n) is 2.40. The Morgan fingerprint density at radius 1 is 1.28 bits per heavy atom. The summed E-state index contributed by atoms with van der Waals surface area (Å²) in [6.45, 7) is 0. The van der Waals surface area contributed by atoms with E-state index in [1.807, 2.05) is 22.9 Å². The maximum absolute atomic E-state index is 6.06. The van der Waals surface area contributed by atoms with Crippen LogP contribution in [0.2, 0.25) is 10.0 Å². The number of hydrogen-bond donors (Lipinski definition) is 1. The summed E-state index contributed by atoms with van der Waals surface area (Å²) < 4.78 is 1.90. The molecule has 0 saturated carbocycles. The zero-order chi connectivity index (χ0) is 12.7. The summed E-state index contributed by atoms with van der Waals surface area (Å²) in [6, 6.07) is 5.83. The van der Waals surface area contributed by atoms with Gasteiger partial charge >= 0.3 is 0 Å². The molecule has 94 valence electrons. The van der Waals surface area contributed by atoms with Crippen molar-refractivity contribution in [2.75, 3.05) is 5.73 Å². The van der Waals surface area contributed by atoms with Gasteiger partial charge in [0.15, 0.2) is 0 Å². The predicted molar refractivity (Wildman–Crippen MR) is 72.0 cm³/mol. The van der Waals surface area contributed by atoms with Crippen molar-refractivity contribution in [2.45, 2.75) is 25.3 Å². The van der Waals surface area contributed by atoms with Gasteiger partial charge in [-0.2, -0.15) is 4.98 Å². The number of fused-ring (bicyclic) bond motifs is 1. The summed E-state index contributed by atoms with van der Waals surface area (Å²) >= 11 is 12.0. The second-order valence-corrected chi connectivity index (χ2v) is 5.23. The highest BCUT2D eigenvalue weighted by atomic mass is 35.5. The van der Waals surface area contributed by atoms with E-state index in [-0.39, 0.29) is 6.04 Å². The Morgan fingerprint density at radius 2 is 2.11 bits per heavy atom. The molecule has 1 atom stereocenters. The van der Waals surface area contributed by atoms with E-state index in [2.05, 4.69) is 10.1 Å². The Morgan fingerprint density at radius 3 is 2.89 bits per heavy atom. The van der Waals surface area contributed by atoms with Crippen LogP contribution in [0.4, 0.5) is 5.95 Å². The van der Waals surface area contributed by atoms with Gasteiger partial charge in [-0.1, -0.05) is 29.3 Å². The number of halogens is 2. The van der Waals surface area contributed by atoms with E-state index in [0.29, 0.717) is 16.0 Å². The summed E-state index contributed by atoms with van der Waals surface area (Å²) in [4.78, 5) is 4.24. The zero-order valence-electron chi connectivity index (χ0n) is 9.61. The van der Waals surface area contributed by atoms with E-state index in [0.717, 1.165) is 30.7 Å². The third kappa shape index (κ3) is 1.95. The maximum Gasteiger partial charge on any atom is 0.239 e. The largest absolute Gasteiger partial charge is 0.366 e. The molecule has 1 unspecified atom stereocenters. The quantitative estimate of drug-likeness (QED) is 0.875. The average molecular weight is 283 g/mol. The first-order valence-corrected chi connectivity index (χ1v) is 6.56. The van der Waals surface area contributed by atoms with Gasteiger partial charge in [0, 0.05) is 6.42 Å². The lowest BCUT2D eigenvalue weighted by Gasteiger charge is -2.23. The molecule has 4 nitrogen and oxygen atoms in total. The van der Waals surface area contributed by atoms with Crippen LogP contribution >= 0.6 is 23.2 Å². The van der Waals surface area contributed by atoms with Gasteiger partial charge in [-0.15, -0.1) is 5.10 Å². The highest BCUT2D eigenvalue weighted by Gasteiger charge is 2.24. The number of aromatic nitrogens is 3. The van der Waals surface area contributed by atoms with E-state index in [4.69, 9.17) is 28.9 Å². The van der Waals surface area contributed by atoms with Crippen molar-refractivity contribution in [1.82, 2.24) is 14.8 Å². The molecule has 1 aliphatic rings. The van der Waals surface area contributed by atoms with E-state index >= 15 is 0 Å². The molecule has 0 saturated heterocycles. The molecule has 0 amide bonds. The standard InChI is InChI=1S/C12H12Cl2N4/c13-8-5-4-7(6-9(8)14)10-2-1-3-11-16-12(15)17-18(10)11/h4-6,10H,1-3H2,(H2,15,17). The molecule has 1 aromatic heterocycles. The van der Waals surface area contributed by atoms with E-state index < -0.39 is 0 Å². The first-order valence-electron chi connectivity index (χ1n) is 5.81. The minimum absolute atomic E-state index is 0.147. The highest BCUT2D eigenvalue weighted by molar-refractivity contribution is 6.42. The summed E-state index contributed by atoms with van der Waals surface area (Å²) in [5, 5.41) is 5.40. The van der Waals surface area contributed by atoms with Crippen molar-refractivity contribution in [3.8, 4) is 0 Å². The second-order valence-electron chi connectivity index (χ2n) is 4.41. The predicted octanol–water partition coefficient (Wildman–Crippen LogP) is 3.09. The monoisotopic (exact) mass is 282 g/mol. The second kappa shape index (κ2) is 4.44. The van der Waals surface area contributed by atoms with Crippen LogP contribution < -0.4 is 5.73 Å². The summed E-state index contributed by atoms with van der Waals surface area (Å²) in [5.41, 5.74) is 6.76. The molecule has 0 aliphatic carbocycles. The van der Waals surface area contributed by atoms with Crippen molar-refractivity contribution in [3.63, 3.8) is 0 Å². The molecule has 1 aliphatic heterocycles. The third-order valence-electron chi connectivity index (χ3n) is 3.22. The maximum atomic E-state index is 6.06. The summed E-state index contributed by atoms with van der Waals surface area (Å²) in [5.74, 6) is 1.27. The molecule has 3 rings (SSSR count). The van der Waals surface area contributed by atoms with E-state index in [1.165, 1.54) is 0 Å². The number of anilines is 1. The molecule has 6 heteroatoms. The molecule has 18 heavy (non-hydrogen) atoms. The minimum Gasteiger partial charge on any atom is -0.366 e. The topological polar surface area (TPSA) is 56.7 Å². The number of nitrogen functional groups attached to an aromatic ring is 1. The normalized spacial score (nSPS) is 18.7. The van der Waals surface area contributed by atoms with Crippen LogP contribution in [0.15, 0.2) is 18.2 Å². The molecule has 0 radical (unpaired) electrons. The Labute approximate surface area is 115 Å². The Kier molecular flexibility index (Phi) is 2.92. The Bertz CT molecular complexity index is 594. The molecule has 0 fully saturated rings. The Hall–Kier alpha value is -1.26. The zero-order valence-corrected chi connectivity index (χ0v) is 11.1. The van der Waals surface area contributed by atoms with Crippen LogP contribution in [0.3, 0.4) is 0 Å². The molecule has 2 aromatic rings. The van der Waals surface area contributed by atoms with Gasteiger partial charge < -0.3 is 5.73 Å². The van der Waals surface area contributed by atoms with Gasteiger partial charge in [-0.3, -0.25) is 0 Å². The molecule has 0 bridgehead atoms. The van der Waals surface area contributed by atoms with Gasteiger partial charge in [0.05, 0.1) is 16.1 Å². The number of rotatable bonds is 1. The van der Waals surface area contributed by atoms with Crippen molar-refractivity contribution >= 4 is 29.2 Å². The number of aryl methyl sites for hydroxylation is 1. The fraction of sp³-hybridized carbons (Fsp3) is 0.333. The molecule has 2 N–H and O–H groups in total. The molecular formula is C12H12Cl2N4. The number of nitrogens with zero attached hydrogens (tertiary/aromatic N) is 3. The van der Waals surface area contributed by atoms with Crippen LogP contribution in [0.25, 0.3) is 0 Å². The van der Waals surface area contributed by atoms with E-state index in [1.54, 1.807) is 0 Å². The Balaban J connectivity index is 2.05. The lowest BCUT2D eigenvalue weighted by Crippen LogP contribution is -2.20. The highest BCUT2D eigenvalue weighted by Crippen LogP contribution is 2.33. The van der Waals surface area contributed by atoms with Crippen LogP contribution in [0.5, 0.6) is 0 Å². The van der Waals surface area contributed by atoms with Crippen molar-refractivity contribution in [1.29, 1.82) is 0 Å². The summed E-state index contributed by atoms with van der Waals surface area (Å²) in [6.07, 6.45) is 3.00. The number of benzene rings is 1. The van der Waals surface area contributed by atoms with Crippen LogP contribution in [-0.4, -0.2) is 14.8 Å². The lowest BCUT2D eigenvalue weighted by atomic mass is 9.98. The minimum atomic E-state index is 0.147. The lowest BCUT2D eigenvalue weighted by molar-refractivity contribution is 0.413.